The minimum Gasteiger partial charge on any atom is -0.379 e. The Kier molecular flexibility index (Phi) is 8.47. The molecule has 0 spiro atoms. The minimum atomic E-state index is 0.0888. The summed E-state index contributed by atoms with van der Waals surface area (Å²) in [6.07, 6.45) is 6.39. The third-order valence-electron chi connectivity index (χ3n) is 6.21. The van der Waals surface area contributed by atoms with Crippen LogP contribution in [0.3, 0.4) is 0 Å². The molecule has 178 valence electrons. The second kappa shape index (κ2) is 11.7. The summed E-state index contributed by atoms with van der Waals surface area (Å²) in [5.74, 6) is 0.0888. The number of hydrogen-bond acceptors (Lipinski definition) is 6. The molecule has 1 fully saturated rings. The lowest BCUT2D eigenvalue weighted by atomic mass is 10.1. The predicted octanol–water partition coefficient (Wildman–Crippen LogP) is 4.20. The molecule has 0 atom stereocenters. The van der Waals surface area contributed by atoms with Crippen molar-refractivity contribution in [3.8, 4) is 0 Å². The van der Waals surface area contributed by atoms with Crippen molar-refractivity contribution in [2.75, 3.05) is 45.9 Å². The number of thiophene rings is 1. The second-order valence-electron chi connectivity index (χ2n) is 8.74. The van der Waals surface area contributed by atoms with E-state index in [2.05, 4.69) is 28.4 Å². The van der Waals surface area contributed by atoms with Crippen LogP contribution in [0, 0.1) is 6.92 Å². The smallest absolute Gasteiger partial charge is 0.254 e. The van der Waals surface area contributed by atoms with Gasteiger partial charge in [0.2, 0.25) is 0 Å². The number of carbonyl (C=O) groups is 1. The maximum absolute atomic E-state index is 13.8. The van der Waals surface area contributed by atoms with E-state index in [-0.39, 0.29) is 5.91 Å². The molecule has 4 rings (SSSR count). The standard InChI is InChI=1S/C25H35N5O2S/c1-3-4-5-6-9-29(11-10-28-12-14-32-15-13-28)25(31)22-17-20(2)27-24-23(22)18-26-30(24)19-21-8-7-16-33-21/h7-8,16-18H,3-6,9-15,19H2,1-2H3. The molecule has 8 heteroatoms. The van der Waals surface area contributed by atoms with Gasteiger partial charge in [0.25, 0.3) is 5.91 Å². The number of unbranched alkanes of at least 4 members (excludes halogenated alkanes) is 3. The van der Waals surface area contributed by atoms with E-state index < -0.39 is 0 Å². The molecule has 3 aromatic rings. The van der Waals surface area contributed by atoms with Crippen LogP contribution in [0.2, 0.25) is 0 Å². The largest absolute Gasteiger partial charge is 0.379 e. The van der Waals surface area contributed by atoms with Gasteiger partial charge >= 0.3 is 0 Å². The van der Waals surface area contributed by atoms with Gasteiger partial charge in [0.05, 0.1) is 36.9 Å². The third kappa shape index (κ3) is 6.19. The van der Waals surface area contributed by atoms with Crippen LogP contribution < -0.4 is 0 Å². The van der Waals surface area contributed by atoms with Crippen LogP contribution in [0.5, 0.6) is 0 Å². The van der Waals surface area contributed by atoms with Gasteiger partial charge in [-0.25, -0.2) is 9.67 Å². The molecule has 1 amide bonds. The van der Waals surface area contributed by atoms with E-state index in [1.807, 2.05) is 28.6 Å². The van der Waals surface area contributed by atoms with Crippen molar-refractivity contribution in [3.05, 3.63) is 45.9 Å². The number of morpholine rings is 1. The molecule has 0 radical (unpaired) electrons. The summed E-state index contributed by atoms with van der Waals surface area (Å²) in [7, 11) is 0. The molecule has 1 aliphatic heterocycles. The highest BCUT2D eigenvalue weighted by molar-refractivity contribution is 7.09. The molecule has 0 N–H and O–H groups in total. The number of fused-ring (bicyclic) bond motifs is 1. The predicted molar refractivity (Wildman–Crippen MR) is 133 cm³/mol. The van der Waals surface area contributed by atoms with Crippen molar-refractivity contribution in [2.24, 2.45) is 0 Å². The molecule has 0 aliphatic carbocycles. The Labute approximate surface area is 200 Å². The molecule has 3 aromatic heterocycles. The van der Waals surface area contributed by atoms with E-state index >= 15 is 0 Å². The number of pyridine rings is 1. The summed E-state index contributed by atoms with van der Waals surface area (Å²) in [4.78, 5) is 24.2. The summed E-state index contributed by atoms with van der Waals surface area (Å²) in [5, 5.41) is 7.50. The molecule has 1 aliphatic rings. The van der Waals surface area contributed by atoms with E-state index in [9.17, 15) is 4.79 Å². The lowest BCUT2D eigenvalue weighted by Gasteiger charge is -2.30. The first kappa shape index (κ1) is 23.9. The highest BCUT2D eigenvalue weighted by Crippen LogP contribution is 2.22. The van der Waals surface area contributed by atoms with Crippen molar-refractivity contribution in [1.82, 2.24) is 24.6 Å². The Hall–Kier alpha value is -2.29. The quantitative estimate of drug-likeness (QED) is 0.394. The topological polar surface area (TPSA) is 63.5 Å². The molecular weight excluding hydrogens is 434 g/mol. The van der Waals surface area contributed by atoms with Gasteiger partial charge in [0.15, 0.2) is 5.65 Å². The maximum Gasteiger partial charge on any atom is 0.254 e. The lowest BCUT2D eigenvalue weighted by Crippen LogP contribution is -2.43. The highest BCUT2D eigenvalue weighted by Gasteiger charge is 2.22. The van der Waals surface area contributed by atoms with E-state index in [1.54, 1.807) is 17.5 Å². The summed E-state index contributed by atoms with van der Waals surface area (Å²) >= 11 is 1.71. The van der Waals surface area contributed by atoms with Gasteiger partial charge in [-0.1, -0.05) is 32.3 Å². The average Bonchev–Trinajstić information content (AvgIpc) is 3.49. The van der Waals surface area contributed by atoms with Crippen LogP contribution in [-0.2, 0) is 11.3 Å². The number of ether oxygens (including phenoxy) is 1. The first-order valence-electron chi connectivity index (χ1n) is 12.1. The summed E-state index contributed by atoms with van der Waals surface area (Å²) in [6, 6.07) is 6.07. The fourth-order valence-corrected chi connectivity index (χ4v) is 5.00. The highest BCUT2D eigenvalue weighted by atomic mass is 32.1. The minimum absolute atomic E-state index is 0.0888. The second-order valence-corrected chi connectivity index (χ2v) is 9.77. The zero-order valence-corrected chi connectivity index (χ0v) is 20.6. The molecule has 33 heavy (non-hydrogen) atoms. The van der Waals surface area contributed by atoms with Crippen molar-refractivity contribution >= 4 is 28.3 Å². The van der Waals surface area contributed by atoms with Crippen LogP contribution >= 0.6 is 11.3 Å². The van der Waals surface area contributed by atoms with Gasteiger partial charge in [0.1, 0.15) is 0 Å². The molecule has 0 unspecified atom stereocenters. The molecule has 1 saturated heterocycles. The number of nitrogens with zero attached hydrogens (tertiary/aromatic N) is 5. The molecule has 0 bridgehead atoms. The number of rotatable bonds is 11. The number of aryl methyl sites for hydroxylation is 1. The van der Waals surface area contributed by atoms with Gasteiger partial charge in [-0.15, -0.1) is 11.3 Å². The molecule has 0 saturated carbocycles. The van der Waals surface area contributed by atoms with Crippen LogP contribution in [-0.4, -0.2) is 76.4 Å². The van der Waals surface area contributed by atoms with Crippen molar-refractivity contribution < 1.29 is 9.53 Å². The van der Waals surface area contributed by atoms with Crippen LogP contribution in [0.1, 0.15) is 53.5 Å². The maximum atomic E-state index is 13.8. The summed E-state index contributed by atoms with van der Waals surface area (Å²) in [6.45, 7) is 10.7. The summed E-state index contributed by atoms with van der Waals surface area (Å²) in [5.41, 5.74) is 2.34. The van der Waals surface area contributed by atoms with Gasteiger partial charge in [0, 0.05) is 43.3 Å². The number of amides is 1. The Balaban J connectivity index is 1.55. The van der Waals surface area contributed by atoms with Crippen molar-refractivity contribution in [1.29, 1.82) is 0 Å². The van der Waals surface area contributed by atoms with E-state index in [0.29, 0.717) is 12.1 Å². The van der Waals surface area contributed by atoms with Crippen LogP contribution in [0.15, 0.2) is 29.8 Å². The number of aromatic nitrogens is 3. The zero-order chi connectivity index (χ0) is 23.0. The lowest BCUT2D eigenvalue weighted by molar-refractivity contribution is 0.0324. The Morgan fingerprint density at radius 3 is 2.82 bits per heavy atom. The number of hydrogen-bond donors (Lipinski definition) is 0. The fraction of sp³-hybridized carbons (Fsp3) is 0.560. The SMILES string of the molecule is CCCCCCN(CCN1CCOCC1)C(=O)c1cc(C)nc2c1cnn2Cc1cccs1. The molecular formula is C25H35N5O2S. The van der Waals surface area contributed by atoms with Gasteiger partial charge in [-0.3, -0.25) is 9.69 Å². The van der Waals surface area contributed by atoms with Crippen molar-refractivity contribution in [3.63, 3.8) is 0 Å². The zero-order valence-electron chi connectivity index (χ0n) is 19.8. The average molecular weight is 470 g/mol. The van der Waals surface area contributed by atoms with Gasteiger partial charge in [-0.2, -0.15) is 5.10 Å². The van der Waals surface area contributed by atoms with E-state index in [0.717, 1.165) is 75.5 Å². The summed E-state index contributed by atoms with van der Waals surface area (Å²) < 4.78 is 7.39. The third-order valence-corrected chi connectivity index (χ3v) is 7.07. The Bertz CT molecular complexity index is 1030. The monoisotopic (exact) mass is 469 g/mol. The Morgan fingerprint density at radius 1 is 1.21 bits per heavy atom. The molecule has 0 aromatic carbocycles. The van der Waals surface area contributed by atoms with Crippen LogP contribution in [0.4, 0.5) is 0 Å². The van der Waals surface area contributed by atoms with Crippen LogP contribution in [0.25, 0.3) is 11.0 Å². The van der Waals surface area contributed by atoms with Gasteiger partial charge < -0.3 is 9.64 Å². The first-order chi connectivity index (χ1) is 16.2. The normalized spacial score (nSPS) is 14.7. The van der Waals surface area contributed by atoms with E-state index in [1.165, 1.54) is 17.7 Å². The van der Waals surface area contributed by atoms with Gasteiger partial charge in [-0.05, 0) is 30.9 Å². The molecule has 7 nitrogen and oxygen atoms in total. The Morgan fingerprint density at radius 2 is 2.06 bits per heavy atom. The van der Waals surface area contributed by atoms with Crippen molar-refractivity contribution in [2.45, 2.75) is 46.1 Å². The first-order valence-corrected chi connectivity index (χ1v) is 13.0. The fourth-order valence-electron chi connectivity index (χ4n) is 4.32. The number of carbonyl (C=O) groups excluding carboxylic acids is 1. The van der Waals surface area contributed by atoms with E-state index in [4.69, 9.17) is 9.72 Å². The molecule has 4 heterocycles.